The summed E-state index contributed by atoms with van der Waals surface area (Å²) in [6, 6.07) is 10.1. The Balaban J connectivity index is 1.70. The average Bonchev–Trinajstić information content (AvgIpc) is 3.27. The van der Waals surface area contributed by atoms with Gasteiger partial charge >= 0.3 is 0 Å². The number of aromatic nitrogens is 1. The summed E-state index contributed by atoms with van der Waals surface area (Å²) in [6.07, 6.45) is 1.86. The molecule has 0 N–H and O–H groups in total. The number of thiazole rings is 1. The van der Waals surface area contributed by atoms with Gasteiger partial charge in [-0.25, -0.2) is 4.98 Å². The van der Waals surface area contributed by atoms with Crippen molar-refractivity contribution in [3.8, 4) is 0 Å². The number of ether oxygens (including phenoxy) is 1. The monoisotopic (exact) mass is 330 g/mol. The van der Waals surface area contributed by atoms with Crippen LogP contribution < -0.4 is 0 Å². The van der Waals surface area contributed by atoms with E-state index in [1.807, 2.05) is 37.6 Å². The van der Waals surface area contributed by atoms with Crippen LogP contribution in [0.15, 0.2) is 35.7 Å². The molecule has 1 aliphatic carbocycles. The molecule has 1 fully saturated rings. The Labute approximate surface area is 141 Å². The lowest BCUT2D eigenvalue weighted by atomic mass is 9.94. The topological polar surface area (TPSA) is 42.4 Å². The predicted octanol–water partition coefficient (Wildman–Crippen LogP) is 3.54. The van der Waals surface area contributed by atoms with Gasteiger partial charge in [-0.3, -0.25) is 4.79 Å². The number of methoxy groups -OCH3 is 1. The van der Waals surface area contributed by atoms with Crippen LogP contribution in [0.3, 0.4) is 0 Å². The molecule has 0 bridgehead atoms. The molecule has 2 aromatic rings. The Hall–Kier alpha value is -1.72. The van der Waals surface area contributed by atoms with Crippen molar-refractivity contribution in [1.82, 2.24) is 9.88 Å². The van der Waals surface area contributed by atoms with E-state index in [0.29, 0.717) is 6.54 Å². The van der Waals surface area contributed by atoms with Gasteiger partial charge in [-0.2, -0.15) is 0 Å². The van der Waals surface area contributed by atoms with E-state index in [-0.39, 0.29) is 17.4 Å². The molecule has 0 radical (unpaired) electrons. The van der Waals surface area contributed by atoms with Gasteiger partial charge in [0.05, 0.1) is 17.7 Å². The summed E-state index contributed by atoms with van der Waals surface area (Å²) in [4.78, 5) is 19.3. The number of likely N-dealkylation sites (N-methyl/N-ethyl adjacent to an activating group) is 1. The number of hydrogen-bond acceptors (Lipinski definition) is 4. The largest absolute Gasteiger partial charge is 0.375 e. The maximum Gasteiger partial charge on any atom is 0.233 e. The van der Waals surface area contributed by atoms with Gasteiger partial charge in [0.2, 0.25) is 5.91 Å². The highest BCUT2D eigenvalue weighted by Crippen LogP contribution is 2.49. The molecule has 1 aliphatic rings. The summed E-state index contributed by atoms with van der Waals surface area (Å²) in [5.74, 6) is 0.193. The Bertz CT molecular complexity index is 679. The van der Waals surface area contributed by atoms with Crippen LogP contribution in [-0.4, -0.2) is 29.9 Å². The van der Waals surface area contributed by atoms with Gasteiger partial charge in [0.25, 0.3) is 0 Å². The molecule has 0 spiro atoms. The molecular formula is C18H22N2O2S. The number of benzene rings is 1. The number of carbonyl (C=O) groups excluding carboxylic acids is 1. The summed E-state index contributed by atoms with van der Waals surface area (Å²) in [5.41, 5.74) is 1.74. The van der Waals surface area contributed by atoms with E-state index in [0.717, 1.165) is 29.1 Å². The summed E-state index contributed by atoms with van der Waals surface area (Å²) in [6.45, 7) is 2.52. The fourth-order valence-corrected chi connectivity index (χ4v) is 3.71. The normalized spacial score (nSPS) is 16.8. The Morgan fingerprint density at radius 1 is 1.39 bits per heavy atom. The molecule has 1 atom stereocenters. The van der Waals surface area contributed by atoms with Gasteiger partial charge in [0.1, 0.15) is 11.1 Å². The van der Waals surface area contributed by atoms with Gasteiger partial charge in [0, 0.05) is 19.5 Å². The first-order valence-corrected chi connectivity index (χ1v) is 8.73. The number of amides is 1. The summed E-state index contributed by atoms with van der Waals surface area (Å²) < 4.78 is 5.29. The molecule has 1 heterocycles. The maximum atomic E-state index is 12.9. The fourth-order valence-electron chi connectivity index (χ4n) is 2.87. The minimum absolute atomic E-state index is 0.00569. The lowest BCUT2D eigenvalue weighted by Gasteiger charge is -2.23. The summed E-state index contributed by atoms with van der Waals surface area (Å²) in [7, 11) is 3.54. The third kappa shape index (κ3) is 3.16. The van der Waals surface area contributed by atoms with Crippen molar-refractivity contribution in [2.24, 2.45) is 0 Å². The third-order valence-electron chi connectivity index (χ3n) is 4.50. The second kappa shape index (κ2) is 6.42. The van der Waals surface area contributed by atoms with E-state index in [2.05, 4.69) is 17.1 Å². The van der Waals surface area contributed by atoms with Crippen molar-refractivity contribution in [2.45, 2.75) is 37.8 Å². The minimum atomic E-state index is -0.311. The zero-order valence-electron chi connectivity index (χ0n) is 13.8. The first-order valence-electron chi connectivity index (χ1n) is 7.85. The Morgan fingerprint density at radius 2 is 2.09 bits per heavy atom. The van der Waals surface area contributed by atoms with Gasteiger partial charge < -0.3 is 9.64 Å². The molecule has 1 amide bonds. The van der Waals surface area contributed by atoms with Crippen LogP contribution in [0.4, 0.5) is 0 Å². The van der Waals surface area contributed by atoms with E-state index in [9.17, 15) is 4.79 Å². The lowest BCUT2D eigenvalue weighted by Crippen LogP contribution is -2.36. The number of nitrogens with zero attached hydrogens (tertiary/aromatic N) is 2. The van der Waals surface area contributed by atoms with Crippen molar-refractivity contribution in [2.75, 3.05) is 14.2 Å². The average molecular weight is 330 g/mol. The molecule has 23 heavy (non-hydrogen) atoms. The lowest BCUT2D eigenvalue weighted by molar-refractivity contribution is -0.133. The second-order valence-corrected chi connectivity index (χ2v) is 7.05. The van der Waals surface area contributed by atoms with Crippen molar-refractivity contribution in [3.05, 3.63) is 52.0 Å². The molecule has 1 saturated carbocycles. The van der Waals surface area contributed by atoms with Crippen molar-refractivity contribution in [3.63, 3.8) is 0 Å². The highest BCUT2D eigenvalue weighted by atomic mass is 32.1. The molecule has 1 aromatic heterocycles. The van der Waals surface area contributed by atoms with Crippen LogP contribution in [0.2, 0.25) is 0 Å². The minimum Gasteiger partial charge on any atom is -0.375 e. The van der Waals surface area contributed by atoms with Crippen LogP contribution in [0.5, 0.6) is 0 Å². The molecular weight excluding hydrogens is 308 g/mol. The summed E-state index contributed by atoms with van der Waals surface area (Å²) in [5, 5.41) is 2.96. The molecule has 122 valence electrons. The van der Waals surface area contributed by atoms with Gasteiger partial charge in [0.15, 0.2) is 0 Å². The van der Waals surface area contributed by atoms with Gasteiger partial charge in [-0.05, 0) is 25.3 Å². The van der Waals surface area contributed by atoms with Crippen molar-refractivity contribution < 1.29 is 9.53 Å². The van der Waals surface area contributed by atoms with Crippen molar-refractivity contribution in [1.29, 1.82) is 0 Å². The highest BCUT2D eigenvalue weighted by molar-refractivity contribution is 7.09. The first-order chi connectivity index (χ1) is 11.1. The molecule has 1 aromatic carbocycles. The van der Waals surface area contributed by atoms with Gasteiger partial charge in [-0.1, -0.05) is 30.3 Å². The Morgan fingerprint density at radius 3 is 2.70 bits per heavy atom. The molecule has 5 heteroatoms. The predicted molar refractivity (Wildman–Crippen MR) is 91.4 cm³/mol. The van der Waals surface area contributed by atoms with E-state index < -0.39 is 0 Å². The van der Waals surface area contributed by atoms with Crippen LogP contribution >= 0.6 is 11.3 Å². The van der Waals surface area contributed by atoms with Crippen LogP contribution in [0, 0.1) is 0 Å². The number of hydrogen-bond donors (Lipinski definition) is 0. The molecule has 4 nitrogen and oxygen atoms in total. The van der Waals surface area contributed by atoms with Crippen molar-refractivity contribution >= 4 is 17.2 Å². The number of carbonyl (C=O) groups is 1. The van der Waals surface area contributed by atoms with E-state index in [1.54, 1.807) is 23.3 Å². The quantitative estimate of drug-likeness (QED) is 0.813. The zero-order valence-corrected chi connectivity index (χ0v) is 14.6. The van der Waals surface area contributed by atoms with E-state index >= 15 is 0 Å². The SMILES string of the molecule is CO[C@H](C)c1nc(CN(C)C(=O)C2(c3ccccc3)CC2)cs1. The second-order valence-electron chi connectivity index (χ2n) is 6.16. The fraction of sp³-hybridized carbons (Fsp3) is 0.444. The number of rotatable bonds is 6. The zero-order chi connectivity index (χ0) is 16.4. The van der Waals surface area contributed by atoms with Crippen LogP contribution in [0.1, 0.15) is 42.1 Å². The first kappa shape index (κ1) is 16.1. The van der Waals surface area contributed by atoms with Gasteiger partial charge in [-0.15, -0.1) is 11.3 Å². The van der Waals surface area contributed by atoms with Crippen LogP contribution in [-0.2, 0) is 21.5 Å². The van der Waals surface area contributed by atoms with E-state index in [1.165, 1.54) is 0 Å². The maximum absolute atomic E-state index is 12.9. The molecule has 3 rings (SSSR count). The smallest absolute Gasteiger partial charge is 0.233 e. The van der Waals surface area contributed by atoms with Crippen LogP contribution in [0.25, 0.3) is 0 Å². The molecule has 0 saturated heterocycles. The molecule has 0 aliphatic heterocycles. The standard InChI is InChI=1S/C18H22N2O2S/c1-13(22-3)16-19-15(12-23-16)11-20(2)17(21)18(9-10-18)14-7-5-4-6-8-14/h4-8,12-13H,9-11H2,1-3H3/t13-/m1/s1. The third-order valence-corrected chi connectivity index (χ3v) is 5.56. The Kier molecular flexibility index (Phi) is 4.50. The summed E-state index contributed by atoms with van der Waals surface area (Å²) >= 11 is 1.58. The molecule has 0 unspecified atom stereocenters. The van der Waals surface area contributed by atoms with E-state index in [4.69, 9.17) is 4.74 Å². The highest BCUT2D eigenvalue weighted by Gasteiger charge is 2.52.